The van der Waals surface area contributed by atoms with Crippen LogP contribution in [-0.2, 0) is 9.53 Å². The summed E-state index contributed by atoms with van der Waals surface area (Å²) in [6, 6.07) is 2.08. The third kappa shape index (κ3) is 7.38. The molecule has 1 atom stereocenters. The van der Waals surface area contributed by atoms with E-state index in [2.05, 4.69) is 5.32 Å². The van der Waals surface area contributed by atoms with E-state index in [1.165, 1.54) is 6.07 Å². The Morgan fingerprint density at radius 3 is 2.31 bits per heavy atom. The number of aromatic hydroxyl groups is 2. The molecule has 32 heavy (non-hydrogen) atoms. The van der Waals surface area contributed by atoms with Gasteiger partial charge in [0.15, 0.2) is 0 Å². The second kappa shape index (κ2) is 11.0. The van der Waals surface area contributed by atoms with E-state index in [9.17, 15) is 24.9 Å². The van der Waals surface area contributed by atoms with Crippen molar-refractivity contribution in [3.8, 4) is 11.5 Å². The van der Waals surface area contributed by atoms with E-state index in [-0.39, 0.29) is 35.5 Å². The van der Waals surface area contributed by atoms with Gasteiger partial charge in [-0.25, -0.2) is 0 Å². The lowest BCUT2D eigenvalue weighted by Crippen LogP contribution is -2.44. The number of hydrogen-bond acceptors (Lipinski definition) is 6. The van der Waals surface area contributed by atoms with Crippen LogP contribution in [0.5, 0.6) is 11.5 Å². The van der Waals surface area contributed by atoms with Gasteiger partial charge in [-0.05, 0) is 70.0 Å². The number of phenols is 2. The number of aliphatic carboxylic acids is 1. The number of carboxylic acid groups (broad SMARTS) is 1. The van der Waals surface area contributed by atoms with Gasteiger partial charge in [-0.3, -0.25) is 9.59 Å². The van der Waals surface area contributed by atoms with Crippen molar-refractivity contribution in [2.75, 3.05) is 26.2 Å². The maximum Gasteiger partial charge on any atom is 0.323 e. The summed E-state index contributed by atoms with van der Waals surface area (Å²) in [4.78, 5) is 26.1. The smallest absolute Gasteiger partial charge is 0.323 e. The number of amides is 1. The van der Waals surface area contributed by atoms with Crippen molar-refractivity contribution < 1.29 is 29.6 Å². The SMILES string of the molecule is CC(C)c1cc(C(=O)N2CCC(CCNC(COC(C)(C)C)C(=O)O)CC2)c(O)cc1O. The fraction of sp³-hybridized carbons (Fsp3) is 0.667. The molecule has 0 aliphatic carbocycles. The summed E-state index contributed by atoms with van der Waals surface area (Å²) in [5.74, 6) is -0.948. The topological polar surface area (TPSA) is 119 Å². The van der Waals surface area contributed by atoms with Gasteiger partial charge in [0.25, 0.3) is 5.91 Å². The quantitative estimate of drug-likeness (QED) is 0.456. The molecule has 1 fully saturated rings. The molecule has 1 aromatic rings. The van der Waals surface area contributed by atoms with E-state index in [1.54, 1.807) is 11.0 Å². The third-order valence-corrected chi connectivity index (χ3v) is 5.82. The first-order chi connectivity index (χ1) is 14.9. The molecule has 1 heterocycles. The first-order valence-electron chi connectivity index (χ1n) is 11.3. The number of hydrogen-bond donors (Lipinski definition) is 4. The van der Waals surface area contributed by atoms with Crippen LogP contribution >= 0.6 is 0 Å². The van der Waals surface area contributed by atoms with E-state index in [4.69, 9.17) is 4.74 Å². The largest absolute Gasteiger partial charge is 0.508 e. The molecule has 0 radical (unpaired) electrons. The number of benzene rings is 1. The van der Waals surface area contributed by atoms with Gasteiger partial charge in [-0.15, -0.1) is 0 Å². The van der Waals surface area contributed by atoms with E-state index >= 15 is 0 Å². The van der Waals surface area contributed by atoms with Gasteiger partial charge in [0.2, 0.25) is 0 Å². The molecule has 1 saturated heterocycles. The monoisotopic (exact) mass is 450 g/mol. The number of likely N-dealkylation sites (tertiary alicyclic amines) is 1. The molecule has 0 aromatic heterocycles. The lowest BCUT2D eigenvalue weighted by molar-refractivity contribution is -0.142. The Kier molecular flexibility index (Phi) is 8.92. The van der Waals surface area contributed by atoms with Gasteiger partial charge < -0.3 is 30.3 Å². The van der Waals surface area contributed by atoms with Crippen molar-refractivity contribution in [3.63, 3.8) is 0 Å². The summed E-state index contributed by atoms with van der Waals surface area (Å²) in [6.45, 7) is 11.4. The van der Waals surface area contributed by atoms with Gasteiger partial charge in [0.1, 0.15) is 17.5 Å². The van der Waals surface area contributed by atoms with Crippen LogP contribution in [0.4, 0.5) is 0 Å². The predicted molar refractivity (Wildman–Crippen MR) is 122 cm³/mol. The Morgan fingerprint density at radius 1 is 1.16 bits per heavy atom. The normalized spacial score (nSPS) is 16.4. The number of carbonyl (C=O) groups is 2. The Labute approximate surface area is 190 Å². The Hall–Kier alpha value is -2.32. The number of nitrogens with one attached hydrogen (secondary N) is 1. The first kappa shape index (κ1) is 25.9. The highest BCUT2D eigenvalue weighted by atomic mass is 16.5. The summed E-state index contributed by atoms with van der Waals surface area (Å²) in [5, 5.41) is 32.6. The second-order valence-corrected chi connectivity index (χ2v) is 9.88. The van der Waals surface area contributed by atoms with Gasteiger partial charge in [0.05, 0.1) is 17.8 Å². The van der Waals surface area contributed by atoms with Crippen LogP contribution in [0.1, 0.15) is 75.7 Å². The Morgan fingerprint density at radius 2 is 1.78 bits per heavy atom. The molecule has 2 rings (SSSR count). The average molecular weight is 451 g/mol. The first-order valence-corrected chi connectivity index (χ1v) is 11.3. The van der Waals surface area contributed by atoms with E-state index in [0.717, 1.165) is 19.3 Å². The summed E-state index contributed by atoms with van der Waals surface area (Å²) < 4.78 is 5.59. The molecule has 1 amide bonds. The van der Waals surface area contributed by atoms with Crippen molar-refractivity contribution in [3.05, 3.63) is 23.3 Å². The maximum atomic E-state index is 12.9. The van der Waals surface area contributed by atoms with Crippen molar-refractivity contribution in [1.82, 2.24) is 10.2 Å². The molecular weight excluding hydrogens is 412 g/mol. The fourth-order valence-corrected chi connectivity index (χ4v) is 3.84. The zero-order valence-corrected chi connectivity index (χ0v) is 19.9. The van der Waals surface area contributed by atoms with E-state index < -0.39 is 17.6 Å². The Balaban J connectivity index is 1.85. The number of phenolic OH excluding ortho intramolecular Hbond substituents is 2. The molecule has 1 aromatic carbocycles. The number of rotatable bonds is 9. The standard InChI is InChI=1S/C24H38N2O6/c1-15(2)17-12-18(21(28)13-20(17)27)22(29)26-10-7-16(8-11-26)6-9-25-19(23(30)31)14-32-24(3,4)5/h12-13,15-16,19,25,27-28H,6-11,14H2,1-5H3,(H,30,31). The molecule has 180 valence electrons. The third-order valence-electron chi connectivity index (χ3n) is 5.82. The van der Waals surface area contributed by atoms with Crippen LogP contribution in [0.15, 0.2) is 12.1 Å². The van der Waals surface area contributed by atoms with E-state index in [1.807, 2.05) is 34.6 Å². The summed E-state index contributed by atoms with van der Waals surface area (Å²) in [7, 11) is 0. The fourth-order valence-electron chi connectivity index (χ4n) is 3.84. The summed E-state index contributed by atoms with van der Waals surface area (Å²) in [6.07, 6.45) is 2.46. The molecule has 0 bridgehead atoms. The maximum absolute atomic E-state index is 12.9. The number of carboxylic acids is 1. The van der Waals surface area contributed by atoms with Crippen LogP contribution < -0.4 is 5.32 Å². The van der Waals surface area contributed by atoms with Crippen LogP contribution in [0, 0.1) is 5.92 Å². The van der Waals surface area contributed by atoms with Gasteiger partial charge in [-0.1, -0.05) is 13.8 Å². The zero-order valence-electron chi connectivity index (χ0n) is 19.9. The van der Waals surface area contributed by atoms with Crippen molar-refractivity contribution in [2.24, 2.45) is 5.92 Å². The molecule has 4 N–H and O–H groups in total. The van der Waals surface area contributed by atoms with Crippen LogP contribution in [-0.4, -0.2) is 70.0 Å². The molecule has 0 saturated carbocycles. The molecule has 1 aliphatic heterocycles. The lowest BCUT2D eigenvalue weighted by atomic mass is 9.92. The van der Waals surface area contributed by atoms with Gasteiger partial charge in [0, 0.05) is 19.2 Å². The highest BCUT2D eigenvalue weighted by Gasteiger charge is 2.27. The van der Waals surface area contributed by atoms with Crippen LogP contribution in [0.2, 0.25) is 0 Å². The number of ether oxygens (including phenoxy) is 1. The van der Waals surface area contributed by atoms with E-state index in [0.29, 0.717) is 31.1 Å². The molecule has 0 spiro atoms. The summed E-state index contributed by atoms with van der Waals surface area (Å²) >= 11 is 0. The minimum absolute atomic E-state index is 0.00665. The molecule has 8 heteroatoms. The van der Waals surface area contributed by atoms with Crippen molar-refractivity contribution in [1.29, 1.82) is 0 Å². The summed E-state index contributed by atoms with van der Waals surface area (Å²) in [5.41, 5.74) is 0.460. The Bertz CT molecular complexity index is 794. The van der Waals surface area contributed by atoms with Crippen molar-refractivity contribution in [2.45, 2.75) is 71.4 Å². The predicted octanol–water partition coefficient (Wildman–Crippen LogP) is 3.32. The number of nitrogens with zero attached hydrogens (tertiary/aromatic N) is 1. The zero-order chi connectivity index (χ0) is 24.1. The number of carbonyl (C=O) groups excluding carboxylic acids is 1. The second-order valence-electron chi connectivity index (χ2n) is 9.88. The molecule has 8 nitrogen and oxygen atoms in total. The van der Waals surface area contributed by atoms with Crippen LogP contribution in [0.3, 0.4) is 0 Å². The lowest BCUT2D eigenvalue weighted by Gasteiger charge is -2.32. The highest BCUT2D eigenvalue weighted by Crippen LogP contribution is 2.33. The van der Waals surface area contributed by atoms with Gasteiger partial charge >= 0.3 is 5.97 Å². The number of piperidine rings is 1. The minimum atomic E-state index is -0.927. The molecular formula is C24H38N2O6. The molecule has 1 unspecified atom stereocenters. The minimum Gasteiger partial charge on any atom is -0.508 e. The van der Waals surface area contributed by atoms with Gasteiger partial charge in [-0.2, -0.15) is 0 Å². The van der Waals surface area contributed by atoms with Crippen LogP contribution in [0.25, 0.3) is 0 Å². The highest BCUT2D eigenvalue weighted by molar-refractivity contribution is 5.97. The molecule has 1 aliphatic rings. The van der Waals surface area contributed by atoms with Crippen molar-refractivity contribution >= 4 is 11.9 Å². The average Bonchev–Trinajstić information content (AvgIpc) is 2.69.